The van der Waals surface area contributed by atoms with Gasteiger partial charge in [0.25, 0.3) is 5.91 Å². The summed E-state index contributed by atoms with van der Waals surface area (Å²) in [7, 11) is -3.92. The van der Waals surface area contributed by atoms with Gasteiger partial charge in [-0.2, -0.15) is 0 Å². The molecule has 2 heterocycles. The highest BCUT2D eigenvalue weighted by molar-refractivity contribution is 7.91. The summed E-state index contributed by atoms with van der Waals surface area (Å²) >= 11 is 0. The van der Waals surface area contributed by atoms with Gasteiger partial charge in [-0.25, -0.2) is 18.0 Å². The number of hydrogen-bond acceptors (Lipinski definition) is 10. The van der Waals surface area contributed by atoms with Crippen molar-refractivity contribution >= 4 is 45.8 Å². The van der Waals surface area contributed by atoms with Gasteiger partial charge in [0.15, 0.2) is 0 Å². The standard InChI is InChI=1S/C35H46N4O11S/c1-34(2,3)50-33(46)36-26-10-8-6-4-5-7-9-23-19-35(23,32(45)38-51(47,48)25-15-16-25)37-29(42)27-18-24(20-39(27)30(26)43)49-31(44)22-13-11-21(12-14-22)17-28(40)41/h7,9,11-14,23-27H,4-6,8,10,15-20H2,1-3H3,(H,36,46)(H,37,42)(H,38,45)(H,40,41)/b9-7+. The number of aliphatic carboxylic acids is 1. The molecule has 0 aromatic heterocycles. The number of sulfonamides is 1. The van der Waals surface area contributed by atoms with Gasteiger partial charge in [0, 0.05) is 12.3 Å². The first-order chi connectivity index (χ1) is 24.0. The third-order valence-electron chi connectivity index (χ3n) is 9.35. The van der Waals surface area contributed by atoms with Crippen molar-refractivity contribution in [3.8, 4) is 0 Å². The summed E-state index contributed by atoms with van der Waals surface area (Å²) in [5.74, 6) is -4.45. The molecule has 0 bridgehead atoms. The van der Waals surface area contributed by atoms with E-state index in [1.165, 1.54) is 29.2 Å². The second-order valence-electron chi connectivity index (χ2n) is 14.7. The van der Waals surface area contributed by atoms with E-state index in [-0.39, 0.29) is 37.8 Å². The lowest BCUT2D eigenvalue weighted by Crippen LogP contribution is -2.58. The third-order valence-corrected chi connectivity index (χ3v) is 11.2. The Hall–Kier alpha value is -4.47. The number of nitrogens with one attached hydrogen (secondary N) is 3. The highest BCUT2D eigenvalue weighted by Gasteiger charge is 2.62. The highest BCUT2D eigenvalue weighted by atomic mass is 32.2. The van der Waals surface area contributed by atoms with E-state index in [2.05, 4.69) is 15.4 Å². The lowest BCUT2D eigenvalue weighted by atomic mass is 10.0. The van der Waals surface area contributed by atoms with Crippen molar-refractivity contribution in [3.63, 3.8) is 0 Å². The molecule has 3 fully saturated rings. The van der Waals surface area contributed by atoms with Crippen LogP contribution in [0.5, 0.6) is 0 Å². The SMILES string of the molecule is CC(C)(C)OC(=O)NC1CCCCC/C=C/C2CC2(C(=O)NS(=O)(=O)C2CC2)NC(=O)C2CC(OC(=O)c3ccc(CC(=O)O)cc3)CN2C1=O. The summed E-state index contributed by atoms with van der Waals surface area (Å²) in [6, 6.07) is 3.50. The maximum Gasteiger partial charge on any atom is 0.408 e. The van der Waals surface area contributed by atoms with E-state index in [9.17, 15) is 37.2 Å². The van der Waals surface area contributed by atoms with Gasteiger partial charge in [-0.3, -0.25) is 23.9 Å². The second kappa shape index (κ2) is 15.0. The smallest absolute Gasteiger partial charge is 0.408 e. The molecule has 4 N–H and O–H groups in total. The summed E-state index contributed by atoms with van der Waals surface area (Å²) < 4.78 is 38.7. The van der Waals surface area contributed by atoms with E-state index in [0.717, 1.165) is 6.42 Å². The third kappa shape index (κ3) is 9.65. The number of rotatable bonds is 8. The fourth-order valence-electron chi connectivity index (χ4n) is 6.45. The zero-order valence-electron chi connectivity index (χ0n) is 29.0. The number of nitrogens with zero attached hydrogens (tertiary/aromatic N) is 1. The molecule has 16 heteroatoms. The number of esters is 1. The molecule has 2 saturated carbocycles. The van der Waals surface area contributed by atoms with Crippen LogP contribution in [0, 0.1) is 5.92 Å². The van der Waals surface area contributed by atoms with Crippen LogP contribution in [0.2, 0.25) is 0 Å². The second-order valence-corrected chi connectivity index (χ2v) is 16.7. The van der Waals surface area contributed by atoms with Crippen molar-refractivity contribution in [1.82, 2.24) is 20.3 Å². The molecule has 2 aliphatic carbocycles. The van der Waals surface area contributed by atoms with Crippen molar-refractivity contribution in [2.45, 2.75) is 120 Å². The Kier molecular flexibility index (Phi) is 11.1. The summed E-state index contributed by atoms with van der Waals surface area (Å²) in [5.41, 5.74) is -1.80. The number of amides is 4. The first kappa shape index (κ1) is 37.8. The highest BCUT2D eigenvalue weighted by Crippen LogP contribution is 2.46. The molecule has 5 rings (SSSR count). The number of benzene rings is 1. The lowest BCUT2D eigenvalue weighted by Gasteiger charge is -2.30. The van der Waals surface area contributed by atoms with Crippen LogP contribution in [0.4, 0.5) is 4.79 Å². The number of fused-ring (bicyclic) bond motifs is 2. The monoisotopic (exact) mass is 730 g/mol. The average Bonchev–Trinajstić information content (AvgIpc) is 3.95. The first-order valence-electron chi connectivity index (χ1n) is 17.3. The molecule has 4 aliphatic rings. The van der Waals surface area contributed by atoms with Crippen LogP contribution in [-0.2, 0) is 45.1 Å². The van der Waals surface area contributed by atoms with E-state index >= 15 is 0 Å². The maximum absolute atomic E-state index is 14.2. The van der Waals surface area contributed by atoms with E-state index < -0.39 is 86.3 Å². The van der Waals surface area contributed by atoms with Gasteiger partial charge in [-0.1, -0.05) is 37.1 Å². The van der Waals surface area contributed by atoms with Crippen LogP contribution in [-0.4, -0.2) is 95.3 Å². The Labute approximate surface area is 296 Å². The van der Waals surface area contributed by atoms with E-state index in [0.29, 0.717) is 37.7 Å². The van der Waals surface area contributed by atoms with Crippen molar-refractivity contribution in [2.24, 2.45) is 5.92 Å². The first-order valence-corrected chi connectivity index (χ1v) is 18.9. The Balaban J connectivity index is 1.41. The van der Waals surface area contributed by atoms with Gasteiger partial charge in [0.2, 0.25) is 21.8 Å². The number of hydrogen-bond donors (Lipinski definition) is 4. The van der Waals surface area contributed by atoms with E-state index in [1.807, 2.05) is 6.08 Å². The summed E-state index contributed by atoms with van der Waals surface area (Å²) in [6.45, 7) is 4.85. The molecule has 4 amide bonds. The molecule has 1 saturated heterocycles. The van der Waals surface area contributed by atoms with Crippen LogP contribution in [0.1, 0.15) is 94.5 Å². The Bertz CT molecular complexity index is 1680. The zero-order valence-corrected chi connectivity index (χ0v) is 29.8. The number of carboxylic acids is 1. The van der Waals surface area contributed by atoms with Crippen LogP contribution < -0.4 is 15.4 Å². The van der Waals surface area contributed by atoms with Gasteiger partial charge >= 0.3 is 18.0 Å². The number of alkyl carbamates (subject to hydrolysis) is 1. The Morgan fingerprint density at radius 1 is 1.04 bits per heavy atom. The van der Waals surface area contributed by atoms with Crippen LogP contribution in [0.15, 0.2) is 36.4 Å². The fraction of sp³-hybridized carbons (Fsp3) is 0.600. The molecule has 5 atom stereocenters. The van der Waals surface area contributed by atoms with Crippen molar-refractivity contribution in [1.29, 1.82) is 0 Å². The van der Waals surface area contributed by atoms with Crippen LogP contribution >= 0.6 is 0 Å². The van der Waals surface area contributed by atoms with Crippen molar-refractivity contribution in [3.05, 3.63) is 47.5 Å². The molecule has 0 spiro atoms. The molecule has 5 unspecified atom stereocenters. The van der Waals surface area contributed by atoms with Gasteiger partial charge in [0.1, 0.15) is 29.3 Å². The van der Waals surface area contributed by atoms with E-state index in [1.54, 1.807) is 26.8 Å². The predicted molar refractivity (Wildman–Crippen MR) is 182 cm³/mol. The number of carbonyl (C=O) groups is 6. The molecule has 278 valence electrons. The van der Waals surface area contributed by atoms with Crippen LogP contribution in [0.3, 0.4) is 0 Å². The van der Waals surface area contributed by atoms with Gasteiger partial charge in [-0.05, 0) is 77.0 Å². The molecule has 0 radical (unpaired) electrons. The number of ether oxygens (including phenoxy) is 2. The molecule has 15 nitrogen and oxygen atoms in total. The van der Waals surface area contributed by atoms with E-state index in [4.69, 9.17) is 14.6 Å². The Morgan fingerprint density at radius 3 is 2.39 bits per heavy atom. The number of carboxylic acid groups (broad SMARTS) is 1. The summed E-state index contributed by atoms with van der Waals surface area (Å²) in [6.07, 6.45) is 5.52. The Morgan fingerprint density at radius 2 is 1.75 bits per heavy atom. The molecule has 1 aromatic rings. The fourth-order valence-corrected chi connectivity index (χ4v) is 7.81. The molecular weight excluding hydrogens is 684 g/mol. The zero-order chi connectivity index (χ0) is 37.1. The predicted octanol–water partition coefficient (Wildman–Crippen LogP) is 2.34. The summed E-state index contributed by atoms with van der Waals surface area (Å²) in [5, 5.41) is 13.8. The normalized spacial score (nSPS) is 27.7. The van der Waals surface area contributed by atoms with Crippen molar-refractivity contribution < 1.29 is 51.8 Å². The topological polar surface area (TPSA) is 215 Å². The molecular formula is C35H46N4O11S. The minimum absolute atomic E-state index is 0.133. The summed E-state index contributed by atoms with van der Waals surface area (Å²) in [4.78, 5) is 80.2. The molecule has 51 heavy (non-hydrogen) atoms. The number of allylic oxidation sites excluding steroid dienone is 1. The molecule has 1 aromatic carbocycles. The largest absolute Gasteiger partial charge is 0.481 e. The maximum atomic E-state index is 14.2. The van der Waals surface area contributed by atoms with Gasteiger partial charge < -0.3 is 30.1 Å². The minimum atomic E-state index is -3.92. The number of carbonyl (C=O) groups excluding carboxylic acids is 5. The van der Waals surface area contributed by atoms with Gasteiger partial charge in [0.05, 0.1) is 23.8 Å². The van der Waals surface area contributed by atoms with Crippen molar-refractivity contribution in [2.75, 3.05) is 6.54 Å². The minimum Gasteiger partial charge on any atom is -0.481 e. The molecule has 2 aliphatic heterocycles. The van der Waals surface area contributed by atoms with Gasteiger partial charge in [-0.15, -0.1) is 0 Å². The average molecular weight is 731 g/mol. The lowest BCUT2D eigenvalue weighted by molar-refractivity contribution is -0.141. The van der Waals surface area contributed by atoms with Crippen LogP contribution in [0.25, 0.3) is 0 Å². The quantitative estimate of drug-likeness (QED) is 0.225.